The Morgan fingerprint density at radius 3 is 2.64 bits per heavy atom. The summed E-state index contributed by atoms with van der Waals surface area (Å²) < 4.78 is 3.62. The van der Waals surface area contributed by atoms with Gasteiger partial charge in [0.15, 0.2) is 5.11 Å². The molecule has 0 fully saturated rings. The van der Waals surface area contributed by atoms with Gasteiger partial charge in [0.1, 0.15) is 12.2 Å². The fourth-order valence-electron chi connectivity index (χ4n) is 3.68. The molecule has 0 saturated heterocycles. The summed E-state index contributed by atoms with van der Waals surface area (Å²) in [5.74, 6) is 0. The highest BCUT2D eigenvalue weighted by Crippen LogP contribution is 2.21. The van der Waals surface area contributed by atoms with Crippen LogP contribution in [0.2, 0.25) is 0 Å². The largest absolute Gasteiger partial charge is 0.359 e. The number of nitrogens with one attached hydrogen (secondary N) is 2. The number of hydrogen-bond acceptors (Lipinski definition) is 4. The van der Waals surface area contributed by atoms with Crippen LogP contribution >= 0.6 is 12.2 Å². The molecule has 7 nitrogen and oxygen atoms in total. The van der Waals surface area contributed by atoms with Crippen molar-refractivity contribution in [1.82, 2.24) is 30.1 Å². The summed E-state index contributed by atoms with van der Waals surface area (Å²) in [6.45, 7) is 0.486. The fourth-order valence-corrected chi connectivity index (χ4v) is 3.96. The Kier molecular flexibility index (Phi) is 4.25. The Balaban J connectivity index is 1.20. The highest BCUT2D eigenvalue weighted by Gasteiger charge is 2.21. The van der Waals surface area contributed by atoms with Crippen molar-refractivity contribution in [3.63, 3.8) is 0 Å². The summed E-state index contributed by atoms with van der Waals surface area (Å²) in [4.78, 5) is 0. The number of hydrogen-bond donors (Lipinski definition) is 2. The molecule has 1 aliphatic rings. The van der Waals surface area contributed by atoms with Crippen molar-refractivity contribution in [2.45, 2.75) is 25.6 Å². The monoisotopic (exact) mass is 389 g/mol. The van der Waals surface area contributed by atoms with Crippen LogP contribution in [-0.4, -0.2) is 35.9 Å². The summed E-state index contributed by atoms with van der Waals surface area (Å²) in [7, 11) is 0. The van der Waals surface area contributed by atoms with E-state index in [4.69, 9.17) is 12.2 Å². The van der Waals surface area contributed by atoms with Crippen molar-refractivity contribution in [1.29, 1.82) is 0 Å². The van der Waals surface area contributed by atoms with E-state index in [-0.39, 0.29) is 0 Å². The summed E-state index contributed by atoms with van der Waals surface area (Å²) in [5.41, 5.74) is 5.49. The molecule has 2 heterocycles. The number of nitrogens with zero attached hydrogens (tertiary/aromatic N) is 5. The number of anilines is 1. The summed E-state index contributed by atoms with van der Waals surface area (Å²) >= 11 is 5.49. The average molecular weight is 389 g/mol. The van der Waals surface area contributed by atoms with Crippen LogP contribution in [0.3, 0.4) is 0 Å². The lowest BCUT2D eigenvalue weighted by atomic mass is 10.1. The number of aromatic nitrogens is 5. The van der Waals surface area contributed by atoms with Gasteiger partial charge in [0.2, 0.25) is 0 Å². The van der Waals surface area contributed by atoms with Crippen molar-refractivity contribution in [2.24, 2.45) is 0 Å². The van der Waals surface area contributed by atoms with E-state index in [9.17, 15) is 0 Å². The van der Waals surface area contributed by atoms with E-state index in [0.717, 1.165) is 29.6 Å². The maximum absolute atomic E-state index is 5.49. The molecule has 4 aromatic rings. The minimum atomic E-state index is 0.328. The SMILES string of the molecule is S=C(Nc1cnn(Cn2nnc3ccccc32)c1)NC1Cc2ccccc2C1. The van der Waals surface area contributed by atoms with Crippen molar-refractivity contribution in [3.8, 4) is 0 Å². The number of rotatable bonds is 4. The third-order valence-corrected chi connectivity index (χ3v) is 5.20. The van der Waals surface area contributed by atoms with Gasteiger partial charge in [0.05, 0.1) is 23.6 Å². The molecule has 0 spiro atoms. The molecule has 0 amide bonds. The molecule has 0 unspecified atom stereocenters. The third-order valence-electron chi connectivity index (χ3n) is 4.98. The Hall–Kier alpha value is -3.26. The smallest absolute Gasteiger partial charge is 0.171 e. The second-order valence-corrected chi connectivity index (χ2v) is 7.37. The average Bonchev–Trinajstić information content (AvgIpc) is 3.41. The van der Waals surface area contributed by atoms with Crippen LogP contribution in [-0.2, 0) is 19.5 Å². The van der Waals surface area contributed by atoms with Crippen molar-refractivity contribution < 1.29 is 0 Å². The molecule has 0 aliphatic heterocycles. The maximum atomic E-state index is 5.49. The van der Waals surface area contributed by atoms with E-state index < -0.39 is 0 Å². The van der Waals surface area contributed by atoms with Gasteiger partial charge in [-0.25, -0.2) is 9.36 Å². The number of fused-ring (bicyclic) bond motifs is 2. The molecule has 2 aromatic carbocycles. The van der Waals surface area contributed by atoms with E-state index in [2.05, 4.69) is 50.3 Å². The molecule has 1 aliphatic carbocycles. The van der Waals surface area contributed by atoms with Gasteiger partial charge in [-0.1, -0.05) is 41.6 Å². The van der Waals surface area contributed by atoms with Crippen molar-refractivity contribution in [3.05, 3.63) is 72.1 Å². The third kappa shape index (κ3) is 3.34. The predicted molar refractivity (Wildman–Crippen MR) is 112 cm³/mol. The van der Waals surface area contributed by atoms with Gasteiger partial charge in [-0.2, -0.15) is 5.10 Å². The molecule has 0 atom stereocenters. The first-order valence-electron chi connectivity index (χ1n) is 9.19. The van der Waals surface area contributed by atoms with Gasteiger partial charge in [-0.15, -0.1) is 5.10 Å². The first kappa shape index (κ1) is 16.9. The van der Waals surface area contributed by atoms with E-state index in [1.54, 1.807) is 10.9 Å². The molecular weight excluding hydrogens is 370 g/mol. The summed E-state index contributed by atoms with van der Waals surface area (Å²) in [6.07, 6.45) is 5.66. The Labute approximate surface area is 167 Å². The maximum Gasteiger partial charge on any atom is 0.171 e. The quantitative estimate of drug-likeness (QED) is 0.523. The van der Waals surface area contributed by atoms with Gasteiger partial charge in [-0.3, -0.25) is 0 Å². The van der Waals surface area contributed by atoms with Crippen LogP contribution in [0.25, 0.3) is 11.0 Å². The molecule has 140 valence electrons. The molecule has 0 saturated carbocycles. The van der Waals surface area contributed by atoms with Crippen LogP contribution in [0.15, 0.2) is 60.9 Å². The molecule has 0 bridgehead atoms. The first-order chi connectivity index (χ1) is 13.7. The molecule has 0 radical (unpaired) electrons. The Morgan fingerprint density at radius 2 is 1.82 bits per heavy atom. The lowest BCUT2D eigenvalue weighted by Crippen LogP contribution is -2.38. The second kappa shape index (κ2) is 7.05. The minimum absolute atomic E-state index is 0.328. The highest BCUT2D eigenvalue weighted by atomic mass is 32.1. The zero-order chi connectivity index (χ0) is 18.9. The molecular formula is C20H19N7S. The molecule has 2 aromatic heterocycles. The Morgan fingerprint density at radius 1 is 1.07 bits per heavy atom. The molecule has 8 heteroatoms. The second-order valence-electron chi connectivity index (χ2n) is 6.96. The van der Waals surface area contributed by atoms with Gasteiger partial charge in [0.25, 0.3) is 0 Å². The van der Waals surface area contributed by atoms with Gasteiger partial charge in [0, 0.05) is 6.04 Å². The van der Waals surface area contributed by atoms with Gasteiger partial charge >= 0.3 is 0 Å². The first-order valence-corrected chi connectivity index (χ1v) is 9.60. The van der Waals surface area contributed by atoms with Crippen molar-refractivity contribution in [2.75, 3.05) is 5.32 Å². The number of para-hydroxylation sites is 1. The van der Waals surface area contributed by atoms with E-state index in [1.807, 2.05) is 35.1 Å². The van der Waals surface area contributed by atoms with Gasteiger partial charge in [-0.05, 0) is 48.3 Å². The standard InChI is InChI=1S/C20H19N7S/c28-20(22-16-9-14-5-1-2-6-15(14)10-16)23-17-11-21-26(12-17)13-27-19-8-4-3-7-18(19)24-25-27/h1-8,11-12,16H,9-10,13H2,(H2,22,23,28). The molecule has 2 N–H and O–H groups in total. The highest BCUT2D eigenvalue weighted by molar-refractivity contribution is 7.80. The van der Waals surface area contributed by atoms with Crippen LogP contribution in [0.5, 0.6) is 0 Å². The lowest BCUT2D eigenvalue weighted by molar-refractivity contribution is 0.502. The van der Waals surface area contributed by atoms with Crippen LogP contribution in [0.1, 0.15) is 11.1 Å². The molecule has 28 heavy (non-hydrogen) atoms. The minimum Gasteiger partial charge on any atom is -0.359 e. The zero-order valence-corrected chi connectivity index (χ0v) is 15.9. The zero-order valence-electron chi connectivity index (χ0n) is 15.1. The van der Waals surface area contributed by atoms with Crippen LogP contribution in [0.4, 0.5) is 5.69 Å². The van der Waals surface area contributed by atoms with Crippen molar-refractivity contribution >= 4 is 34.1 Å². The van der Waals surface area contributed by atoms with E-state index in [1.165, 1.54) is 11.1 Å². The van der Waals surface area contributed by atoms with E-state index >= 15 is 0 Å². The summed E-state index contributed by atoms with van der Waals surface area (Å²) in [5, 5.41) is 20.0. The van der Waals surface area contributed by atoms with Crippen LogP contribution < -0.4 is 10.6 Å². The number of thiocarbonyl (C=S) groups is 1. The summed E-state index contributed by atoms with van der Waals surface area (Å²) in [6, 6.07) is 16.7. The van der Waals surface area contributed by atoms with Gasteiger partial charge < -0.3 is 10.6 Å². The predicted octanol–water partition coefficient (Wildman–Crippen LogP) is 2.59. The normalized spacial score (nSPS) is 13.6. The molecule has 5 rings (SSSR count). The lowest BCUT2D eigenvalue weighted by Gasteiger charge is -2.14. The fraction of sp³-hybridized carbons (Fsp3) is 0.200. The van der Waals surface area contributed by atoms with E-state index in [0.29, 0.717) is 17.8 Å². The van der Waals surface area contributed by atoms with Crippen LogP contribution in [0, 0.1) is 0 Å². The Bertz CT molecular complexity index is 1120. The topological polar surface area (TPSA) is 72.6 Å². The number of benzene rings is 2.